The van der Waals surface area contributed by atoms with Gasteiger partial charge in [-0.15, -0.1) is 0 Å². The number of halogens is 1. The van der Waals surface area contributed by atoms with E-state index in [-0.39, 0.29) is 0 Å². The van der Waals surface area contributed by atoms with Crippen LogP contribution in [0.25, 0.3) is 0 Å². The van der Waals surface area contributed by atoms with Gasteiger partial charge in [0.15, 0.2) is 11.5 Å². The molecule has 2 aromatic rings. The summed E-state index contributed by atoms with van der Waals surface area (Å²) in [6.07, 6.45) is 1.76. The van der Waals surface area contributed by atoms with Gasteiger partial charge in [-0.25, -0.2) is 0 Å². The van der Waals surface area contributed by atoms with Gasteiger partial charge in [0, 0.05) is 6.21 Å². The summed E-state index contributed by atoms with van der Waals surface area (Å²) in [7, 11) is 3.14. The van der Waals surface area contributed by atoms with Gasteiger partial charge in [-0.3, -0.25) is 4.99 Å². The fraction of sp³-hybridized carbons (Fsp3) is 0.235. The van der Waals surface area contributed by atoms with Crippen LogP contribution in [0, 0.1) is 13.8 Å². The first-order valence-electron chi connectivity index (χ1n) is 6.58. The smallest absolute Gasteiger partial charge is 0.179 e. The monoisotopic (exact) mass is 303 g/mol. The number of nitrogens with zero attached hydrogens (tertiary/aromatic N) is 1. The van der Waals surface area contributed by atoms with E-state index in [0.717, 1.165) is 11.3 Å². The molecule has 0 spiro atoms. The summed E-state index contributed by atoms with van der Waals surface area (Å²) >= 11 is 6.17. The van der Waals surface area contributed by atoms with Crippen molar-refractivity contribution in [3.63, 3.8) is 0 Å². The van der Waals surface area contributed by atoms with Crippen LogP contribution in [0.1, 0.15) is 16.7 Å². The zero-order chi connectivity index (χ0) is 15.4. The number of methoxy groups -OCH3 is 2. The third-order valence-corrected chi connectivity index (χ3v) is 3.59. The standard InChI is InChI=1S/C17H18ClNO2/c1-11-5-6-14(7-12(11)2)19-10-13-8-15(18)17(21-4)16(9-13)20-3/h5-10H,1-4H3. The maximum absolute atomic E-state index is 6.17. The topological polar surface area (TPSA) is 30.8 Å². The SMILES string of the molecule is COc1cc(C=Nc2ccc(C)c(C)c2)cc(Cl)c1OC. The van der Waals surface area contributed by atoms with Gasteiger partial charge in [-0.1, -0.05) is 17.7 Å². The highest BCUT2D eigenvalue weighted by Crippen LogP contribution is 2.35. The lowest BCUT2D eigenvalue weighted by Crippen LogP contribution is -1.93. The molecule has 0 amide bonds. The van der Waals surface area contributed by atoms with Crippen LogP contribution < -0.4 is 9.47 Å². The van der Waals surface area contributed by atoms with Crippen molar-refractivity contribution in [1.29, 1.82) is 0 Å². The number of rotatable bonds is 4. The average molecular weight is 304 g/mol. The first-order chi connectivity index (χ1) is 10.0. The summed E-state index contributed by atoms with van der Waals surface area (Å²) in [6, 6.07) is 9.74. The minimum Gasteiger partial charge on any atom is -0.493 e. The summed E-state index contributed by atoms with van der Waals surface area (Å²) in [5.74, 6) is 1.12. The van der Waals surface area contributed by atoms with Gasteiger partial charge in [-0.05, 0) is 54.8 Å². The van der Waals surface area contributed by atoms with Crippen molar-refractivity contribution in [2.45, 2.75) is 13.8 Å². The molecular weight excluding hydrogens is 286 g/mol. The van der Waals surface area contributed by atoms with Gasteiger partial charge in [0.2, 0.25) is 0 Å². The fourth-order valence-corrected chi connectivity index (χ4v) is 2.26. The molecule has 0 bridgehead atoms. The zero-order valence-electron chi connectivity index (χ0n) is 12.6. The molecule has 0 aliphatic carbocycles. The van der Waals surface area contributed by atoms with Crippen molar-refractivity contribution < 1.29 is 9.47 Å². The Bertz CT molecular complexity index is 681. The van der Waals surface area contributed by atoms with Crippen molar-refractivity contribution in [1.82, 2.24) is 0 Å². The van der Waals surface area contributed by atoms with Crippen LogP contribution >= 0.6 is 11.6 Å². The molecule has 0 saturated heterocycles. The van der Waals surface area contributed by atoms with Gasteiger partial charge in [-0.2, -0.15) is 0 Å². The molecule has 4 heteroatoms. The Morgan fingerprint density at radius 3 is 2.38 bits per heavy atom. The van der Waals surface area contributed by atoms with Crippen molar-refractivity contribution in [3.05, 3.63) is 52.0 Å². The van der Waals surface area contributed by atoms with Crippen LogP contribution in [-0.4, -0.2) is 20.4 Å². The highest BCUT2D eigenvalue weighted by molar-refractivity contribution is 6.32. The molecule has 0 heterocycles. The van der Waals surface area contributed by atoms with Crippen LogP contribution in [0.2, 0.25) is 5.02 Å². The Kier molecular flexibility index (Phi) is 4.86. The number of ether oxygens (including phenoxy) is 2. The molecule has 0 aliphatic heterocycles. The van der Waals surface area contributed by atoms with Crippen molar-refractivity contribution >= 4 is 23.5 Å². The van der Waals surface area contributed by atoms with E-state index in [2.05, 4.69) is 24.9 Å². The lowest BCUT2D eigenvalue weighted by atomic mass is 10.1. The quantitative estimate of drug-likeness (QED) is 0.765. The van der Waals surface area contributed by atoms with Gasteiger partial charge in [0.25, 0.3) is 0 Å². The summed E-state index contributed by atoms with van der Waals surface area (Å²) in [4.78, 5) is 4.47. The van der Waals surface area contributed by atoms with E-state index in [0.29, 0.717) is 16.5 Å². The number of aliphatic imine (C=N–C) groups is 1. The maximum Gasteiger partial charge on any atom is 0.179 e. The van der Waals surface area contributed by atoms with Crippen LogP contribution in [0.5, 0.6) is 11.5 Å². The normalized spacial score (nSPS) is 10.9. The Morgan fingerprint density at radius 2 is 1.76 bits per heavy atom. The summed E-state index contributed by atoms with van der Waals surface area (Å²) < 4.78 is 10.5. The Balaban J connectivity index is 2.32. The number of aryl methyl sites for hydroxylation is 2. The molecule has 0 saturated carbocycles. The summed E-state index contributed by atoms with van der Waals surface area (Å²) in [6.45, 7) is 4.15. The first kappa shape index (κ1) is 15.4. The predicted molar refractivity (Wildman–Crippen MR) is 87.7 cm³/mol. The molecule has 3 nitrogen and oxygen atoms in total. The van der Waals surface area contributed by atoms with E-state index < -0.39 is 0 Å². The summed E-state index contributed by atoms with van der Waals surface area (Å²) in [5.41, 5.74) is 4.23. The van der Waals surface area contributed by atoms with Crippen LogP contribution in [0.15, 0.2) is 35.3 Å². The van der Waals surface area contributed by atoms with E-state index >= 15 is 0 Å². The Hall–Kier alpha value is -2.00. The van der Waals surface area contributed by atoms with E-state index in [9.17, 15) is 0 Å². The van der Waals surface area contributed by atoms with Crippen LogP contribution in [0.3, 0.4) is 0 Å². The van der Waals surface area contributed by atoms with E-state index in [1.165, 1.54) is 11.1 Å². The van der Waals surface area contributed by atoms with Gasteiger partial charge in [0.1, 0.15) is 0 Å². The Labute approximate surface area is 130 Å². The number of hydrogen-bond donors (Lipinski definition) is 0. The molecule has 0 atom stereocenters. The van der Waals surface area contributed by atoms with E-state index in [1.807, 2.05) is 18.2 Å². The molecule has 0 aliphatic rings. The molecule has 0 aromatic heterocycles. The highest BCUT2D eigenvalue weighted by atomic mass is 35.5. The first-order valence-corrected chi connectivity index (χ1v) is 6.95. The van der Waals surface area contributed by atoms with Gasteiger partial charge >= 0.3 is 0 Å². The molecule has 110 valence electrons. The minimum absolute atomic E-state index is 0.499. The second-order valence-corrected chi connectivity index (χ2v) is 5.17. The lowest BCUT2D eigenvalue weighted by molar-refractivity contribution is 0.355. The molecule has 0 radical (unpaired) electrons. The maximum atomic E-state index is 6.17. The van der Waals surface area contributed by atoms with Crippen LogP contribution in [0.4, 0.5) is 5.69 Å². The minimum atomic E-state index is 0.499. The van der Waals surface area contributed by atoms with Crippen molar-refractivity contribution in [2.75, 3.05) is 14.2 Å². The third-order valence-electron chi connectivity index (χ3n) is 3.31. The molecular formula is C17H18ClNO2. The lowest BCUT2D eigenvalue weighted by Gasteiger charge is -2.10. The molecule has 0 N–H and O–H groups in total. The zero-order valence-corrected chi connectivity index (χ0v) is 13.4. The number of benzene rings is 2. The highest BCUT2D eigenvalue weighted by Gasteiger charge is 2.09. The summed E-state index contributed by atoms with van der Waals surface area (Å²) in [5, 5.41) is 0.499. The van der Waals surface area contributed by atoms with Crippen molar-refractivity contribution in [3.8, 4) is 11.5 Å². The number of hydrogen-bond acceptors (Lipinski definition) is 3. The van der Waals surface area contributed by atoms with Gasteiger partial charge < -0.3 is 9.47 Å². The van der Waals surface area contributed by atoms with Gasteiger partial charge in [0.05, 0.1) is 24.9 Å². The van der Waals surface area contributed by atoms with E-state index in [1.54, 1.807) is 26.5 Å². The predicted octanol–water partition coefficient (Wildman–Crippen LogP) is 4.72. The fourth-order valence-electron chi connectivity index (χ4n) is 1.97. The largest absolute Gasteiger partial charge is 0.493 e. The third kappa shape index (κ3) is 3.56. The molecule has 21 heavy (non-hydrogen) atoms. The molecule has 0 unspecified atom stereocenters. The van der Waals surface area contributed by atoms with Crippen LogP contribution in [-0.2, 0) is 0 Å². The second kappa shape index (κ2) is 6.64. The molecule has 0 fully saturated rings. The Morgan fingerprint density at radius 1 is 1.00 bits per heavy atom. The second-order valence-electron chi connectivity index (χ2n) is 4.76. The molecule has 2 aromatic carbocycles. The average Bonchev–Trinajstić information content (AvgIpc) is 2.47. The molecule has 2 rings (SSSR count). The van der Waals surface area contributed by atoms with E-state index in [4.69, 9.17) is 21.1 Å². The van der Waals surface area contributed by atoms with Crippen molar-refractivity contribution in [2.24, 2.45) is 4.99 Å².